The van der Waals surface area contributed by atoms with E-state index >= 15 is 0 Å². The molecule has 4 rings (SSSR count). The van der Waals surface area contributed by atoms with E-state index in [9.17, 15) is 13.2 Å². The van der Waals surface area contributed by atoms with Gasteiger partial charge in [-0.2, -0.15) is 13.2 Å². The van der Waals surface area contributed by atoms with Crippen LogP contribution < -0.4 is 10.1 Å². The van der Waals surface area contributed by atoms with E-state index in [1.807, 2.05) is 48.5 Å². The molecule has 7 heteroatoms. The van der Waals surface area contributed by atoms with E-state index in [0.717, 1.165) is 34.5 Å². The topological polar surface area (TPSA) is 49.9 Å². The van der Waals surface area contributed by atoms with Crippen molar-refractivity contribution in [2.24, 2.45) is 0 Å². The Kier molecular flexibility index (Phi) is 4.65. The van der Waals surface area contributed by atoms with Gasteiger partial charge in [0, 0.05) is 11.4 Å². The molecule has 0 bridgehead atoms. The minimum atomic E-state index is -4.36. The molecule has 0 aliphatic rings. The molecular weight excluding hydrogens is 367 g/mol. The molecule has 0 amide bonds. The summed E-state index contributed by atoms with van der Waals surface area (Å²) in [5, 5.41) is 3.31. The first-order valence-electron chi connectivity index (χ1n) is 8.58. The number of ether oxygens (including phenoxy) is 1. The van der Waals surface area contributed by atoms with Crippen LogP contribution in [0.2, 0.25) is 0 Å². The molecule has 3 aromatic carbocycles. The molecule has 1 aromatic heterocycles. The van der Waals surface area contributed by atoms with Crippen LogP contribution in [0.25, 0.3) is 11.0 Å². The first-order chi connectivity index (χ1) is 13.5. The van der Waals surface area contributed by atoms with Crippen LogP contribution in [0.5, 0.6) is 5.75 Å². The van der Waals surface area contributed by atoms with E-state index in [2.05, 4.69) is 15.3 Å². The van der Waals surface area contributed by atoms with Crippen molar-refractivity contribution in [3.63, 3.8) is 0 Å². The zero-order valence-electron chi connectivity index (χ0n) is 14.6. The molecule has 1 heterocycles. The van der Waals surface area contributed by atoms with E-state index in [1.165, 1.54) is 12.1 Å². The summed E-state index contributed by atoms with van der Waals surface area (Å²) in [5.74, 6) is 0.937. The van der Waals surface area contributed by atoms with Gasteiger partial charge < -0.3 is 15.0 Å². The number of benzene rings is 3. The van der Waals surface area contributed by atoms with E-state index in [-0.39, 0.29) is 6.61 Å². The largest absolute Gasteiger partial charge is 0.486 e. The molecule has 0 fully saturated rings. The van der Waals surface area contributed by atoms with Gasteiger partial charge in [0.2, 0.25) is 0 Å². The predicted octanol–water partition coefficient (Wildman–Crippen LogP) is 5.90. The highest BCUT2D eigenvalue weighted by atomic mass is 19.4. The molecule has 0 saturated carbocycles. The number of nitrogens with zero attached hydrogens (tertiary/aromatic N) is 1. The van der Waals surface area contributed by atoms with Crippen molar-refractivity contribution in [2.45, 2.75) is 12.8 Å². The molecule has 142 valence electrons. The van der Waals surface area contributed by atoms with Gasteiger partial charge in [-0.05, 0) is 54.6 Å². The Morgan fingerprint density at radius 3 is 2.36 bits per heavy atom. The second kappa shape index (κ2) is 7.26. The summed E-state index contributed by atoms with van der Waals surface area (Å²) in [4.78, 5) is 7.62. The fraction of sp³-hybridized carbons (Fsp3) is 0.0952. The van der Waals surface area contributed by atoms with Crippen molar-refractivity contribution >= 4 is 22.4 Å². The zero-order valence-corrected chi connectivity index (χ0v) is 14.6. The predicted molar refractivity (Wildman–Crippen MR) is 102 cm³/mol. The fourth-order valence-electron chi connectivity index (χ4n) is 2.79. The molecule has 0 unspecified atom stereocenters. The number of hydrogen-bond donors (Lipinski definition) is 2. The van der Waals surface area contributed by atoms with Crippen LogP contribution >= 0.6 is 0 Å². The number of para-hydroxylation sites is 1. The van der Waals surface area contributed by atoms with Crippen molar-refractivity contribution in [3.05, 3.63) is 84.2 Å². The normalized spacial score (nSPS) is 11.5. The first-order valence-corrected chi connectivity index (χ1v) is 8.58. The Morgan fingerprint density at radius 2 is 1.64 bits per heavy atom. The van der Waals surface area contributed by atoms with Crippen LogP contribution in [0.15, 0.2) is 72.8 Å². The summed E-state index contributed by atoms with van der Waals surface area (Å²) in [6.45, 7) is 0.126. The van der Waals surface area contributed by atoms with Crippen LogP contribution in [-0.4, -0.2) is 9.97 Å². The maximum atomic E-state index is 12.6. The SMILES string of the molecule is FC(F)(F)c1ccc(OCc2nc3ccc(Nc4ccccc4)cc3[nH]2)cc1. The van der Waals surface area contributed by atoms with Gasteiger partial charge >= 0.3 is 6.18 Å². The van der Waals surface area contributed by atoms with Crippen LogP contribution in [0.1, 0.15) is 11.4 Å². The number of fused-ring (bicyclic) bond motifs is 1. The van der Waals surface area contributed by atoms with Crippen molar-refractivity contribution in [1.82, 2.24) is 9.97 Å². The Hall–Kier alpha value is -3.48. The van der Waals surface area contributed by atoms with Crippen molar-refractivity contribution < 1.29 is 17.9 Å². The summed E-state index contributed by atoms with van der Waals surface area (Å²) < 4.78 is 43.3. The van der Waals surface area contributed by atoms with Gasteiger partial charge in [0.05, 0.1) is 16.6 Å². The van der Waals surface area contributed by atoms with Gasteiger partial charge in [-0.25, -0.2) is 4.98 Å². The van der Waals surface area contributed by atoms with Gasteiger partial charge in [0.15, 0.2) is 0 Å². The van der Waals surface area contributed by atoms with Crippen molar-refractivity contribution in [3.8, 4) is 5.75 Å². The summed E-state index contributed by atoms with van der Waals surface area (Å²) in [6, 6.07) is 20.1. The lowest BCUT2D eigenvalue weighted by Crippen LogP contribution is -2.04. The molecule has 0 aliphatic carbocycles. The van der Waals surface area contributed by atoms with E-state index in [4.69, 9.17) is 4.74 Å². The first kappa shape index (κ1) is 17.9. The zero-order chi connectivity index (χ0) is 19.6. The molecule has 0 spiro atoms. The summed E-state index contributed by atoms with van der Waals surface area (Å²) in [5.41, 5.74) is 2.81. The lowest BCUT2D eigenvalue weighted by Gasteiger charge is -2.08. The lowest BCUT2D eigenvalue weighted by atomic mass is 10.2. The minimum Gasteiger partial charge on any atom is -0.486 e. The molecule has 0 aliphatic heterocycles. The number of aromatic amines is 1. The van der Waals surface area contributed by atoms with Gasteiger partial charge in [-0.3, -0.25) is 0 Å². The van der Waals surface area contributed by atoms with E-state index < -0.39 is 11.7 Å². The number of rotatable bonds is 5. The molecule has 28 heavy (non-hydrogen) atoms. The smallest absolute Gasteiger partial charge is 0.416 e. The summed E-state index contributed by atoms with van der Waals surface area (Å²) in [7, 11) is 0. The average molecular weight is 383 g/mol. The molecule has 4 aromatic rings. The maximum Gasteiger partial charge on any atom is 0.416 e. The average Bonchev–Trinajstić information content (AvgIpc) is 3.09. The maximum absolute atomic E-state index is 12.6. The Morgan fingerprint density at radius 1 is 0.893 bits per heavy atom. The van der Waals surface area contributed by atoms with Crippen molar-refractivity contribution in [2.75, 3.05) is 5.32 Å². The molecule has 0 radical (unpaired) electrons. The molecule has 4 nitrogen and oxygen atoms in total. The van der Waals surface area contributed by atoms with Gasteiger partial charge in [-0.1, -0.05) is 18.2 Å². The Labute approximate surface area is 159 Å². The standard InChI is InChI=1S/C21H16F3N3O/c22-21(23,24)14-6-9-17(10-7-14)28-13-20-26-18-11-8-16(12-19(18)27-20)25-15-4-2-1-3-5-15/h1-12,25H,13H2,(H,26,27). The van der Waals surface area contributed by atoms with E-state index in [0.29, 0.717) is 11.6 Å². The van der Waals surface area contributed by atoms with Crippen LogP contribution in [-0.2, 0) is 12.8 Å². The third-order valence-corrected chi connectivity index (χ3v) is 4.15. The third kappa shape index (κ3) is 4.09. The molecule has 0 saturated heterocycles. The molecule has 2 N–H and O–H groups in total. The van der Waals surface area contributed by atoms with Crippen LogP contribution in [0, 0.1) is 0 Å². The number of hydrogen-bond acceptors (Lipinski definition) is 3. The van der Waals surface area contributed by atoms with Crippen LogP contribution in [0.4, 0.5) is 24.5 Å². The number of anilines is 2. The minimum absolute atomic E-state index is 0.126. The summed E-state index contributed by atoms with van der Waals surface area (Å²) >= 11 is 0. The van der Waals surface area contributed by atoms with Gasteiger partial charge in [0.25, 0.3) is 0 Å². The number of aromatic nitrogens is 2. The van der Waals surface area contributed by atoms with Gasteiger partial charge in [0.1, 0.15) is 18.2 Å². The number of alkyl halides is 3. The van der Waals surface area contributed by atoms with Crippen LogP contribution in [0.3, 0.4) is 0 Å². The highest BCUT2D eigenvalue weighted by Gasteiger charge is 2.30. The quantitative estimate of drug-likeness (QED) is 0.451. The number of halogens is 3. The molecular formula is C21H16F3N3O. The Balaban J connectivity index is 1.44. The highest BCUT2D eigenvalue weighted by Crippen LogP contribution is 2.30. The summed E-state index contributed by atoms with van der Waals surface area (Å²) in [6.07, 6.45) is -4.36. The number of nitrogens with one attached hydrogen (secondary N) is 2. The molecule has 0 atom stereocenters. The van der Waals surface area contributed by atoms with Gasteiger partial charge in [-0.15, -0.1) is 0 Å². The number of H-pyrrole nitrogens is 1. The third-order valence-electron chi connectivity index (χ3n) is 4.15. The lowest BCUT2D eigenvalue weighted by molar-refractivity contribution is -0.137. The number of imidazole rings is 1. The Bertz CT molecular complexity index is 1070. The highest BCUT2D eigenvalue weighted by molar-refractivity contribution is 5.80. The van der Waals surface area contributed by atoms with Crippen molar-refractivity contribution in [1.29, 1.82) is 0 Å². The second-order valence-electron chi connectivity index (χ2n) is 6.22. The van der Waals surface area contributed by atoms with E-state index in [1.54, 1.807) is 0 Å². The monoisotopic (exact) mass is 383 g/mol. The second-order valence-corrected chi connectivity index (χ2v) is 6.22. The fourth-order valence-corrected chi connectivity index (χ4v) is 2.79.